The minimum atomic E-state index is 0.0610. The molecule has 104 valence electrons. The van der Waals surface area contributed by atoms with Crippen LogP contribution in [0.1, 0.15) is 10.4 Å². The number of nitrogens with zero attached hydrogens (tertiary/aromatic N) is 1. The summed E-state index contributed by atoms with van der Waals surface area (Å²) in [5.41, 5.74) is 1.59. The lowest BCUT2D eigenvalue weighted by atomic mass is 10.1. The molecule has 0 aliphatic carbocycles. The van der Waals surface area contributed by atoms with E-state index in [2.05, 4.69) is 15.9 Å². The zero-order valence-corrected chi connectivity index (χ0v) is 13.1. The van der Waals surface area contributed by atoms with Crippen LogP contribution in [0.2, 0.25) is 0 Å². The highest BCUT2D eigenvalue weighted by atomic mass is 79.9. The van der Waals surface area contributed by atoms with Gasteiger partial charge < -0.3 is 9.64 Å². The lowest BCUT2D eigenvalue weighted by Crippen LogP contribution is -2.26. The van der Waals surface area contributed by atoms with Crippen molar-refractivity contribution in [3.63, 3.8) is 0 Å². The highest BCUT2D eigenvalue weighted by Gasteiger charge is 2.14. The number of carbonyl (C=O) groups excluding carboxylic acids is 1. The van der Waals surface area contributed by atoms with Crippen LogP contribution in [-0.4, -0.2) is 26.5 Å². The topological polar surface area (TPSA) is 29.5 Å². The molecule has 0 saturated heterocycles. The normalized spacial score (nSPS) is 10.2. The van der Waals surface area contributed by atoms with E-state index in [9.17, 15) is 4.79 Å². The first kappa shape index (κ1) is 14.6. The van der Waals surface area contributed by atoms with E-state index in [0.29, 0.717) is 12.1 Å². The number of carbonyl (C=O) groups is 1. The molecule has 3 nitrogen and oxygen atoms in total. The summed E-state index contributed by atoms with van der Waals surface area (Å²) in [5, 5.41) is 0. The largest absolute Gasteiger partial charge is 0.495 e. The first-order valence-corrected chi connectivity index (χ1v) is 7.04. The standard InChI is InChI=1S/C16H16BrNO2/c1-18(14-9-5-6-10-16(14)20-2)11-15(19)12-7-3-4-8-13(12)17/h3-10H,11H2,1-2H3. The molecule has 0 amide bonds. The summed E-state index contributed by atoms with van der Waals surface area (Å²) in [6.07, 6.45) is 0. The number of anilines is 1. The van der Waals surface area contributed by atoms with Crippen LogP contribution >= 0.6 is 15.9 Å². The summed E-state index contributed by atoms with van der Waals surface area (Å²) in [6, 6.07) is 15.1. The van der Waals surface area contributed by atoms with Crippen LogP contribution in [0, 0.1) is 0 Å². The average molecular weight is 334 g/mol. The third-order valence-electron chi connectivity index (χ3n) is 3.05. The third-order valence-corrected chi connectivity index (χ3v) is 3.74. The Morgan fingerprint density at radius 3 is 2.50 bits per heavy atom. The van der Waals surface area contributed by atoms with Crippen LogP contribution in [0.4, 0.5) is 5.69 Å². The summed E-state index contributed by atoms with van der Waals surface area (Å²) >= 11 is 3.41. The van der Waals surface area contributed by atoms with Crippen LogP contribution in [0.15, 0.2) is 53.0 Å². The molecule has 0 heterocycles. The molecule has 0 spiro atoms. The summed E-state index contributed by atoms with van der Waals surface area (Å²) in [7, 11) is 3.51. The SMILES string of the molecule is COc1ccccc1N(C)CC(=O)c1ccccc1Br. The number of halogens is 1. The van der Waals surface area contributed by atoms with Gasteiger partial charge in [-0.15, -0.1) is 0 Å². The van der Waals surface area contributed by atoms with E-state index in [1.807, 2.05) is 60.5 Å². The maximum absolute atomic E-state index is 12.3. The average Bonchev–Trinajstić information content (AvgIpc) is 2.47. The maximum Gasteiger partial charge on any atom is 0.183 e. The van der Waals surface area contributed by atoms with Gasteiger partial charge in [-0.05, 0) is 18.2 Å². The number of Topliss-reactive ketones (excluding diaryl/α,β-unsaturated/α-hetero) is 1. The Bertz CT molecular complexity index is 613. The van der Waals surface area contributed by atoms with Crippen LogP contribution < -0.4 is 9.64 Å². The summed E-state index contributed by atoms with van der Waals surface area (Å²) < 4.78 is 6.13. The molecule has 0 saturated carbocycles. The first-order valence-electron chi connectivity index (χ1n) is 6.25. The number of likely N-dealkylation sites (N-methyl/N-ethyl adjacent to an activating group) is 1. The Morgan fingerprint density at radius 2 is 1.80 bits per heavy atom. The number of methoxy groups -OCH3 is 1. The number of para-hydroxylation sites is 2. The monoisotopic (exact) mass is 333 g/mol. The second-order valence-corrected chi connectivity index (χ2v) is 5.29. The lowest BCUT2D eigenvalue weighted by Gasteiger charge is -2.21. The van der Waals surface area contributed by atoms with Crippen LogP contribution in [0.5, 0.6) is 5.75 Å². The summed E-state index contributed by atoms with van der Waals surface area (Å²) in [4.78, 5) is 14.2. The fourth-order valence-corrected chi connectivity index (χ4v) is 2.52. The summed E-state index contributed by atoms with van der Waals surface area (Å²) in [5.74, 6) is 0.820. The van der Waals surface area contributed by atoms with E-state index < -0.39 is 0 Å². The molecule has 4 heteroatoms. The van der Waals surface area contributed by atoms with Gasteiger partial charge >= 0.3 is 0 Å². The lowest BCUT2D eigenvalue weighted by molar-refractivity contribution is 0.0999. The fraction of sp³-hybridized carbons (Fsp3) is 0.188. The zero-order valence-electron chi connectivity index (χ0n) is 11.5. The summed E-state index contributed by atoms with van der Waals surface area (Å²) in [6.45, 7) is 0.295. The number of benzene rings is 2. The quantitative estimate of drug-likeness (QED) is 0.780. The van der Waals surface area contributed by atoms with Gasteiger partial charge in [-0.1, -0.05) is 46.3 Å². The number of rotatable bonds is 5. The molecule has 2 aromatic rings. The van der Waals surface area contributed by atoms with Gasteiger partial charge in [0.2, 0.25) is 0 Å². The number of ether oxygens (including phenoxy) is 1. The smallest absolute Gasteiger partial charge is 0.183 e. The molecule has 0 aliphatic heterocycles. The Balaban J connectivity index is 2.18. The molecule has 0 aliphatic rings. The zero-order chi connectivity index (χ0) is 14.5. The third kappa shape index (κ3) is 3.20. The van der Waals surface area contributed by atoms with Gasteiger partial charge in [0.25, 0.3) is 0 Å². The highest BCUT2D eigenvalue weighted by Crippen LogP contribution is 2.27. The Morgan fingerprint density at radius 1 is 1.15 bits per heavy atom. The van der Waals surface area contributed by atoms with Gasteiger partial charge in [-0.3, -0.25) is 4.79 Å². The van der Waals surface area contributed by atoms with Crippen molar-refractivity contribution in [2.75, 3.05) is 25.6 Å². The molecule has 2 aromatic carbocycles. The molecule has 0 N–H and O–H groups in total. The van der Waals surface area contributed by atoms with E-state index in [-0.39, 0.29) is 5.78 Å². The molecule has 0 atom stereocenters. The maximum atomic E-state index is 12.3. The molecule has 2 rings (SSSR count). The Labute approximate surface area is 127 Å². The van der Waals surface area contributed by atoms with Crippen molar-refractivity contribution >= 4 is 27.4 Å². The molecule has 0 fully saturated rings. The highest BCUT2D eigenvalue weighted by molar-refractivity contribution is 9.10. The van der Waals surface area contributed by atoms with Crippen LogP contribution in [0.3, 0.4) is 0 Å². The van der Waals surface area contributed by atoms with Crippen molar-refractivity contribution < 1.29 is 9.53 Å². The Kier molecular flexibility index (Phi) is 4.79. The minimum Gasteiger partial charge on any atom is -0.495 e. The molecule has 0 bridgehead atoms. The van der Waals surface area contributed by atoms with Crippen molar-refractivity contribution in [1.29, 1.82) is 0 Å². The number of ketones is 1. The molecule has 0 unspecified atom stereocenters. The fourth-order valence-electron chi connectivity index (χ4n) is 2.02. The molecule has 0 aromatic heterocycles. The second kappa shape index (κ2) is 6.57. The van der Waals surface area contributed by atoms with Crippen LogP contribution in [0.25, 0.3) is 0 Å². The number of hydrogen-bond donors (Lipinski definition) is 0. The predicted octanol–water partition coefficient (Wildman–Crippen LogP) is 3.78. The van der Waals surface area contributed by atoms with Crippen molar-refractivity contribution in [2.24, 2.45) is 0 Å². The van der Waals surface area contributed by atoms with Gasteiger partial charge in [0.15, 0.2) is 5.78 Å². The predicted molar refractivity (Wildman–Crippen MR) is 84.7 cm³/mol. The van der Waals surface area contributed by atoms with Gasteiger partial charge in [-0.25, -0.2) is 0 Å². The molecule has 20 heavy (non-hydrogen) atoms. The molecule has 0 radical (unpaired) electrons. The van der Waals surface area contributed by atoms with Crippen molar-refractivity contribution in [3.8, 4) is 5.75 Å². The Hall–Kier alpha value is -1.81. The van der Waals surface area contributed by atoms with Gasteiger partial charge in [-0.2, -0.15) is 0 Å². The number of hydrogen-bond acceptors (Lipinski definition) is 3. The van der Waals surface area contributed by atoms with Crippen molar-refractivity contribution in [2.45, 2.75) is 0 Å². The first-order chi connectivity index (χ1) is 9.63. The van der Waals surface area contributed by atoms with E-state index in [1.54, 1.807) is 7.11 Å². The van der Waals surface area contributed by atoms with Gasteiger partial charge in [0, 0.05) is 17.1 Å². The van der Waals surface area contributed by atoms with E-state index in [0.717, 1.165) is 15.9 Å². The van der Waals surface area contributed by atoms with Crippen molar-refractivity contribution in [1.82, 2.24) is 0 Å². The second-order valence-electron chi connectivity index (χ2n) is 4.43. The van der Waals surface area contributed by atoms with E-state index in [4.69, 9.17) is 4.74 Å². The van der Waals surface area contributed by atoms with Gasteiger partial charge in [0.05, 0.1) is 19.3 Å². The van der Waals surface area contributed by atoms with Crippen LogP contribution in [-0.2, 0) is 0 Å². The van der Waals surface area contributed by atoms with E-state index >= 15 is 0 Å². The molecular weight excluding hydrogens is 318 g/mol. The van der Waals surface area contributed by atoms with Gasteiger partial charge in [0.1, 0.15) is 5.75 Å². The minimum absolute atomic E-state index is 0.0610. The van der Waals surface area contributed by atoms with Crippen molar-refractivity contribution in [3.05, 3.63) is 58.6 Å². The van der Waals surface area contributed by atoms with E-state index in [1.165, 1.54) is 0 Å². The molecular formula is C16H16BrNO2.